The molecule has 0 saturated heterocycles. The van der Waals surface area contributed by atoms with Gasteiger partial charge in [-0.1, -0.05) is 82.6 Å². The second-order valence-electron chi connectivity index (χ2n) is 12.7. The van der Waals surface area contributed by atoms with E-state index in [0.717, 1.165) is 18.4 Å². The zero-order valence-electron chi connectivity index (χ0n) is 22.7. The van der Waals surface area contributed by atoms with Gasteiger partial charge in [-0.2, -0.15) is 0 Å². The smallest absolute Gasteiger partial charge is 0.0823 e. The summed E-state index contributed by atoms with van der Waals surface area (Å²) in [6.45, 7) is 13.9. The maximum absolute atomic E-state index is 5.08. The molecule has 0 radical (unpaired) electrons. The summed E-state index contributed by atoms with van der Waals surface area (Å²) in [5, 5.41) is 9.27. The Bertz CT molecular complexity index is 2000. The van der Waals surface area contributed by atoms with Crippen molar-refractivity contribution in [1.29, 1.82) is 0 Å². The third kappa shape index (κ3) is 3.28. The van der Waals surface area contributed by atoms with Crippen LogP contribution in [0.3, 0.4) is 0 Å². The molecule has 0 atom stereocenters. The maximum atomic E-state index is 5.08. The van der Waals surface area contributed by atoms with Crippen molar-refractivity contribution in [2.75, 3.05) is 0 Å². The molecule has 7 rings (SSSR count). The van der Waals surface area contributed by atoms with E-state index in [9.17, 15) is 0 Å². The minimum absolute atomic E-state index is 0.147. The Morgan fingerprint density at radius 3 is 2.41 bits per heavy atom. The summed E-state index contributed by atoms with van der Waals surface area (Å²) in [6, 6.07) is 23.0. The van der Waals surface area contributed by atoms with Gasteiger partial charge in [0.2, 0.25) is 0 Å². The lowest BCUT2D eigenvalue weighted by atomic mass is 9.84. The van der Waals surface area contributed by atoms with Crippen LogP contribution in [0, 0.1) is 18.3 Å². The SMILES string of the molecule is Cc1ccc2c(CC(C)(C)C)c3c(cc2c1)c1nccc2cc(CC(C)C)c4c5ccccc5n3c4c21. The molecule has 2 nitrogen and oxygen atoms in total. The van der Waals surface area contributed by atoms with Crippen molar-refractivity contribution >= 4 is 59.8 Å². The third-order valence-corrected chi connectivity index (χ3v) is 7.93. The highest BCUT2D eigenvalue weighted by Gasteiger charge is 2.25. The van der Waals surface area contributed by atoms with Gasteiger partial charge in [-0.05, 0) is 76.6 Å². The number of rotatable bonds is 3. The first-order chi connectivity index (χ1) is 17.7. The Hall–Kier alpha value is -3.65. The van der Waals surface area contributed by atoms with Gasteiger partial charge < -0.3 is 4.40 Å². The van der Waals surface area contributed by atoms with Gasteiger partial charge in [0.15, 0.2) is 0 Å². The van der Waals surface area contributed by atoms with Crippen LogP contribution in [0.15, 0.2) is 66.9 Å². The summed E-state index contributed by atoms with van der Waals surface area (Å²) in [5.41, 5.74) is 9.41. The zero-order valence-corrected chi connectivity index (χ0v) is 22.7. The number of hydrogen-bond donors (Lipinski definition) is 0. The Morgan fingerprint density at radius 2 is 1.62 bits per heavy atom. The van der Waals surface area contributed by atoms with Crippen LogP contribution in [0.2, 0.25) is 0 Å². The summed E-state index contributed by atoms with van der Waals surface area (Å²) >= 11 is 0. The van der Waals surface area contributed by atoms with Crippen molar-refractivity contribution in [1.82, 2.24) is 9.38 Å². The van der Waals surface area contributed by atoms with E-state index < -0.39 is 0 Å². The van der Waals surface area contributed by atoms with Gasteiger partial charge >= 0.3 is 0 Å². The first-order valence-electron chi connectivity index (χ1n) is 13.6. The van der Waals surface area contributed by atoms with Crippen LogP contribution in [0.5, 0.6) is 0 Å². The number of benzene rings is 4. The van der Waals surface area contributed by atoms with Gasteiger partial charge in [-0.3, -0.25) is 4.98 Å². The zero-order chi connectivity index (χ0) is 25.6. The maximum Gasteiger partial charge on any atom is 0.0823 e. The van der Waals surface area contributed by atoms with E-state index in [-0.39, 0.29) is 5.41 Å². The molecule has 3 heterocycles. The van der Waals surface area contributed by atoms with Gasteiger partial charge in [0.25, 0.3) is 0 Å². The second-order valence-corrected chi connectivity index (χ2v) is 12.7. The lowest BCUT2D eigenvalue weighted by Gasteiger charge is -2.23. The van der Waals surface area contributed by atoms with Crippen molar-refractivity contribution in [2.45, 2.75) is 54.4 Å². The lowest BCUT2D eigenvalue weighted by molar-refractivity contribution is 0.413. The molecule has 3 aromatic heterocycles. The molecular formula is C35H34N2. The van der Waals surface area contributed by atoms with Gasteiger partial charge in [0.1, 0.15) is 0 Å². The van der Waals surface area contributed by atoms with Crippen LogP contribution in [0.4, 0.5) is 0 Å². The predicted molar refractivity (Wildman–Crippen MR) is 160 cm³/mol. The summed E-state index contributed by atoms with van der Waals surface area (Å²) in [7, 11) is 0. The molecule has 0 spiro atoms. The minimum Gasteiger partial charge on any atom is -0.308 e. The molecule has 4 aromatic carbocycles. The van der Waals surface area contributed by atoms with Crippen LogP contribution in [-0.2, 0) is 12.8 Å². The highest BCUT2D eigenvalue weighted by atomic mass is 14.9. The van der Waals surface area contributed by atoms with E-state index in [0.29, 0.717) is 5.92 Å². The van der Waals surface area contributed by atoms with E-state index >= 15 is 0 Å². The standard InChI is InChI=1S/C35H34N2/c1-20(2)15-24-17-22-13-14-36-32-27-18-23-16-21(3)11-12-25(23)28(19-35(4,5)6)33(27)37-29-10-8-7-9-26(29)30(24)34(37)31(22)32/h7-14,16-18,20H,15,19H2,1-6H3. The molecule has 2 heteroatoms. The number of aromatic nitrogens is 2. The van der Waals surface area contributed by atoms with E-state index in [2.05, 4.69) is 107 Å². The van der Waals surface area contributed by atoms with Crippen molar-refractivity contribution < 1.29 is 0 Å². The monoisotopic (exact) mass is 482 g/mol. The number of aryl methyl sites for hydroxylation is 1. The summed E-state index contributed by atoms with van der Waals surface area (Å²) in [6.07, 6.45) is 4.08. The molecule has 0 saturated carbocycles. The lowest BCUT2D eigenvalue weighted by Crippen LogP contribution is -2.11. The fourth-order valence-corrected chi connectivity index (χ4v) is 6.68. The molecular weight excluding hydrogens is 448 g/mol. The molecule has 184 valence electrons. The molecule has 0 aliphatic carbocycles. The van der Waals surface area contributed by atoms with Gasteiger partial charge in [0, 0.05) is 27.7 Å². The Labute approximate surface area is 218 Å². The van der Waals surface area contributed by atoms with Crippen molar-refractivity contribution in [2.24, 2.45) is 11.3 Å². The van der Waals surface area contributed by atoms with Crippen LogP contribution in [0.1, 0.15) is 51.3 Å². The van der Waals surface area contributed by atoms with E-state index in [4.69, 9.17) is 4.98 Å². The number of fused-ring (bicyclic) bond motifs is 7. The predicted octanol–water partition coefficient (Wildman–Crippen LogP) is 9.63. The molecule has 7 aromatic rings. The number of pyridine rings is 2. The highest BCUT2D eigenvalue weighted by Crippen LogP contribution is 2.45. The normalized spacial score (nSPS) is 13.1. The second kappa shape index (κ2) is 7.68. The fraction of sp³-hybridized carbons (Fsp3) is 0.286. The van der Waals surface area contributed by atoms with Gasteiger partial charge in [0.05, 0.1) is 22.1 Å². The van der Waals surface area contributed by atoms with E-state index in [1.54, 1.807) is 0 Å². The first-order valence-corrected chi connectivity index (χ1v) is 13.6. The molecule has 0 bridgehead atoms. The van der Waals surface area contributed by atoms with Crippen LogP contribution in [-0.4, -0.2) is 9.38 Å². The average Bonchev–Trinajstić information content (AvgIpc) is 3.18. The summed E-state index contributed by atoms with van der Waals surface area (Å²) < 4.78 is 2.60. The van der Waals surface area contributed by atoms with Crippen molar-refractivity contribution in [3.05, 3.63) is 83.6 Å². The minimum atomic E-state index is 0.147. The number of para-hydroxylation sites is 1. The summed E-state index contributed by atoms with van der Waals surface area (Å²) in [5.74, 6) is 0.586. The van der Waals surface area contributed by atoms with Gasteiger partial charge in [-0.25, -0.2) is 0 Å². The van der Waals surface area contributed by atoms with Crippen LogP contribution < -0.4 is 0 Å². The van der Waals surface area contributed by atoms with E-state index in [1.165, 1.54) is 70.9 Å². The quantitative estimate of drug-likeness (QED) is 0.181. The highest BCUT2D eigenvalue weighted by molar-refractivity contribution is 6.29. The molecule has 0 amide bonds. The van der Waals surface area contributed by atoms with Crippen molar-refractivity contribution in [3.63, 3.8) is 0 Å². The summed E-state index contributed by atoms with van der Waals surface area (Å²) in [4.78, 5) is 5.08. The molecule has 0 unspecified atom stereocenters. The largest absolute Gasteiger partial charge is 0.308 e. The molecule has 0 fully saturated rings. The van der Waals surface area contributed by atoms with E-state index in [1.807, 2.05) is 6.20 Å². The number of hydrogen-bond acceptors (Lipinski definition) is 1. The van der Waals surface area contributed by atoms with Crippen LogP contribution >= 0.6 is 0 Å². The molecule has 0 N–H and O–H groups in total. The average molecular weight is 483 g/mol. The van der Waals surface area contributed by atoms with Gasteiger partial charge in [-0.15, -0.1) is 0 Å². The van der Waals surface area contributed by atoms with Crippen molar-refractivity contribution in [3.8, 4) is 0 Å². The third-order valence-electron chi connectivity index (χ3n) is 7.93. The Morgan fingerprint density at radius 1 is 0.811 bits per heavy atom. The Balaban J connectivity index is 1.85. The molecule has 37 heavy (non-hydrogen) atoms. The topological polar surface area (TPSA) is 17.3 Å². The number of nitrogens with zero attached hydrogens (tertiary/aromatic N) is 2. The Kier molecular flexibility index (Phi) is 4.68. The molecule has 0 aliphatic heterocycles. The van der Waals surface area contributed by atoms with Crippen LogP contribution in [0.25, 0.3) is 59.8 Å². The fourth-order valence-electron chi connectivity index (χ4n) is 6.68. The first kappa shape index (κ1) is 22.5. The molecule has 0 aliphatic rings.